The van der Waals surface area contributed by atoms with E-state index in [1.807, 2.05) is 0 Å². The second-order valence-corrected chi connectivity index (χ2v) is 14.7. The molecule has 0 aliphatic carbocycles. The Labute approximate surface area is 384 Å². The minimum absolute atomic E-state index is 0.303. The van der Waals surface area contributed by atoms with Crippen molar-refractivity contribution in [2.75, 3.05) is 26.4 Å². The highest BCUT2D eigenvalue weighted by Gasteiger charge is 2.72. The summed E-state index contributed by atoms with van der Waals surface area (Å²) in [6.45, 7) is 8.24. The van der Waals surface area contributed by atoms with E-state index in [4.69, 9.17) is 28.4 Å². The summed E-state index contributed by atoms with van der Waals surface area (Å²) in [4.78, 5) is 47.2. The predicted octanol–water partition coefficient (Wildman–Crippen LogP) is 11.7. The van der Waals surface area contributed by atoms with Gasteiger partial charge in [-0.25, -0.2) is 19.2 Å². The van der Waals surface area contributed by atoms with Crippen LogP contribution in [0.2, 0.25) is 0 Å². The summed E-state index contributed by atoms with van der Waals surface area (Å²) in [7, 11) is 0. The zero-order chi connectivity index (χ0) is 48.7. The van der Waals surface area contributed by atoms with Gasteiger partial charge in [-0.3, -0.25) is 0 Å². The van der Waals surface area contributed by atoms with Crippen molar-refractivity contribution >= 4 is 36.0 Å². The SMILES string of the molecule is C=CC(=O)OCCCCCCOc1ccc(C=CC(=O)Oc2ccc(C(c3ccc(OC(=O)C=Cc4ccc(OCCCCCCOC(=O)C=C)cc4)cc3)(C(F)(F)F)C(F)(F)F)cc2)cc1. The molecule has 0 spiro atoms. The molecule has 356 valence electrons. The second-order valence-electron chi connectivity index (χ2n) is 14.7. The van der Waals surface area contributed by atoms with E-state index in [1.165, 1.54) is 12.2 Å². The Hall–Kier alpha value is -7.10. The van der Waals surface area contributed by atoms with Gasteiger partial charge < -0.3 is 28.4 Å². The summed E-state index contributed by atoms with van der Waals surface area (Å²) in [6.07, 6.45) is 1.81. The van der Waals surface area contributed by atoms with E-state index in [1.54, 1.807) is 48.5 Å². The van der Waals surface area contributed by atoms with Gasteiger partial charge in [-0.1, -0.05) is 61.7 Å². The minimum atomic E-state index is -5.90. The molecule has 0 unspecified atom stereocenters. The van der Waals surface area contributed by atoms with E-state index >= 15 is 0 Å². The zero-order valence-electron chi connectivity index (χ0n) is 36.5. The third-order valence-corrected chi connectivity index (χ3v) is 9.88. The van der Waals surface area contributed by atoms with Crippen LogP contribution in [0.1, 0.15) is 73.6 Å². The van der Waals surface area contributed by atoms with E-state index in [-0.39, 0.29) is 11.5 Å². The number of benzene rings is 4. The fourth-order valence-corrected chi connectivity index (χ4v) is 6.47. The predicted molar refractivity (Wildman–Crippen MR) is 238 cm³/mol. The summed E-state index contributed by atoms with van der Waals surface area (Å²) in [5, 5.41) is 0. The smallest absolute Gasteiger partial charge is 0.411 e. The molecule has 4 aromatic carbocycles. The molecule has 0 aliphatic rings. The maximum Gasteiger partial charge on any atom is 0.411 e. The number of unbranched alkanes of at least 4 members (excludes halogenated alkanes) is 6. The van der Waals surface area contributed by atoms with Crippen LogP contribution in [-0.2, 0) is 34.1 Å². The summed E-state index contributed by atoms with van der Waals surface area (Å²) in [5.41, 5.74) is -5.73. The van der Waals surface area contributed by atoms with Crippen molar-refractivity contribution in [2.24, 2.45) is 0 Å². The first kappa shape index (κ1) is 52.5. The number of rotatable bonds is 26. The summed E-state index contributed by atoms with van der Waals surface area (Å²) >= 11 is 0. The van der Waals surface area contributed by atoms with Crippen LogP contribution in [0.5, 0.6) is 23.0 Å². The Kier molecular flexibility index (Phi) is 20.5. The maximum atomic E-state index is 14.8. The monoisotopic (exact) mass is 936 g/mol. The van der Waals surface area contributed by atoms with Crippen LogP contribution in [0.3, 0.4) is 0 Å². The van der Waals surface area contributed by atoms with E-state index in [2.05, 4.69) is 13.2 Å². The minimum Gasteiger partial charge on any atom is -0.494 e. The van der Waals surface area contributed by atoms with Crippen LogP contribution >= 0.6 is 0 Å². The van der Waals surface area contributed by atoms with Crippen LogP contribution in [-0.4, -0.2) is 62.7 Å². The van der Waals surface area contributed by atoms with E-state index in [9.17, 15) is 45.5 Å². The van der Waals surface area contributed by atoms with Crippen molar-refractivity contribution in [1.29, 1.82) is 0 Å². The molecule has 0 bridgehead atoms. The van der Waals surface area contributed by atoms with Crippen molar-refractivity contribution in [3.8, 4) is 23.0 Å². The Morgan fingerprint density at radius 3 is 1.04 bits per heavy atom. The normalized spacial score (nSPS) is 11.8. The maximum absolute atomic E-state index is 14.8. The second kappa shape index (κ2) is 26.1. The fourth-order valence-electron chi connectivity index (χ4n) is 6.47. The van der Waals surface area contributed by atoms with Gasteiger partial charge in [0.15, 0.2) is 0 Å². The number of ether oxygens (including phenoxy) is 6. The molecule has 4 rings (SSSR count). The Balaban J connectivity index is 1.29. The number of halogens is 6. The number of carbonyl (C=O) groups excluding carboxylic acids is 4. The van der Waals surface area contributed by atoms with Crippen molar-refractivity contribution < 1.29 is 73.9 Å². The molecule has 67 heavy (non-hydrogen) atoms. The lowest BCUT2D eigenvalue weighted by atomic mass is 9.73. The van der Waals surface area contributed by atoms with Crippen molar-refractivity contribution in [3.63, 3.8) is 0 Å². The van der Waals surface area contributed by atoms with Gasteiger partial charge >= 0.3 is 36.2 Å². The summed E-state index contributed by atoms with van der Waals surface area (Å²) in [6, 6.07) is 19.1. The molecule has 0 aliphatic heterocycles. The van der Waals surface area contributed by atoms with E-state index in [0.29, 0.717) is 73.3 Å². The summed E-state index contributed by atoms with van der Waals surface area (Å²) in [5.74, 6) is -2.21. The molecule has 0 saturated heterocycles. The quantitative estimate of drug-likeness (QED) is 0.0198. The van der Waals surface area contributed by atoms with Crippen LogP contribution in [0, 0.1) is 0 Å². The van der Waals surface area contributed by atoms with Gasteiger partial charge in [0.2, 0.25) is 5.41 Å². The highest BCUT2D eigenvalue weighted by atomic mass is 19.4. The Bertz CT molecular complexity index is 2120. The first-order valence-corrected chi connectivity index (χ1v) is 21.2. The lowest BCUT2D eigenvalue weighted by Gasteiger charge is -2.38. The summed E-state index contributed by atoms with van der Waals surface area (Å²) < 4.78 is 120. The Morgan fingerprint density at radius 1 is 0.418 bits per heavy atom. The first-order valence-electron chi connectivity index (χ1n) is 21.2. The van der Waals surface area contributed by atoms with Gasteiger partial charge in [0, 0.05) is 24.3 Å². The van der Waals surface area contributed by atoms with Crippen LogP contribution < -0.4 is 18.9 Å². The molecule has 0 aromatic heterocycles. The molecule has 0 saturated carbocycles. The molecule has 0 heterocycles. The van der Waals surface area contributed by atoms with E-state index < -0.39 is 52.8 Å². The van der Waals surface area contributed by atoms with Gasteiger partial charge in [0.1, 0.15) is 23.0 Å². The van der Waals surface area contributed by atoms with Gasteiger partial charge in [0.25, 0.3) is 0 Å². The van der Waals surface area contributed by atoms with Crippen molar-refractivity contribution in [3.05, 3.63) is 157 Å². The average molecular weight is 937 g/mol. The Morgan fingerprint density at radius 2 is 0.731 bits per heavy atom. The third-order valence-electron chi connectivity index (χ3n) is 9.88. The highest BCUT2D eigenvalue weighted by Crippen LogP contribution is 2.56. The molecule has 16 heteroatoms. The molecule has 4 aromatic rings. The molecule has 0 atom stereocenters. The molecule has 0 N–H and O–H groups in total. The van der Waals surface area contributed by atoms with Gasteiger partial charge in [-0.05, 0) is 134 Å². The first-order chi connectivity index (χ1) is 32.0. The largest absolute Gasteiger partial charge is 0.494 e. The molecule has 0 radical (unpaired) electrons. The van der Waals surface area contributed by atoms with Crippen LogP contribution in [0.25, 0.3) is 12.2 Å². The zero-order valence-corrected chi connectivity index (χ0v) is 36.5. The molecule has 0 amide bonds. The lowest BCUT2D eigenvalue weighted by Crippen LogP contribution is -2.54. The number of hydrogen-bond acceptors (Lipinski definition) is 10. The van der Waals surface area contributed by atoms with E-state index in [0.717, 1.165) is 99.9 Å². The molecular formula is C51H50F6O10. The highest BCUT2D eigenvalue weighted by molar-refractivity contribution is 5.89. The number of esters is 4. The standard InChI is InChI=1S/C51H50F6O10/c1-3-45(58)64-35-11-7-5-9-33-62-41-23-13-37(14-24-41)17-31-47(60)66-43-27-19-39(20-28-43)49(50(52,53)54,51(55,56)57)40-21-29-44(30-22-40)67-48(61)32-18-38-15-25-42(26-16-38)63-34-10-6-8-12-36-65-46(59)4-2/h3-4,13-32H,1-2,5-12,33-36H2. The topological polar surface area (TPSA) is 124 Å². The lowest BCUT2D eigenvalue weighted by molar-refractivity contribution is -0.288. The van der Waals surface area contributed by atoms with Gasteiger partial charge in [-0.15, -0.1) is 0 Å². The molecule has 10 nitrogen and oxygen atoms in total. The van der Waals surface area contributed by atoms with Crippen LogP contribution in [0.4, 0.5) is 26.3 Å². The fraction of sp³-hybridized carbons (Fsp3) is 0.294. The molecular weight excluding hydrogens is 887 g/mol. The van der Waals surface area contributed by atoms with Crippen molar-refractivity contribution in [1.82, 2.24) is 0 Å². The molecule has 0 fully saturated rings. The third kappa shape index (κ3) is 16.7. The van der Waals surface area contributed by atoms with Gasteiger partial charge in [0.05, 0.1) is 26.4 Å². The average Bonchev–Trinajstić information content (AvgIpc) is 3.30. The van der Waals surface area contributed by atoms with Gasteiger partial charge in [-0.2, -0.15) is 26.3 Å². The number of hydrogen-bond donors (Lipinski definition) is 0. The number of carbonyl (C=O) groups is 4. The number of alkyl halides is 6. The van der Waals surface area contributed by atoms with Crippen LogP contribution in [0.15, 0.2) is 135 Å². The van der Waals surface area contributed by atoms with Crippen molar-refractivity contribution in [2.45, 2.75) is 69.1 Å².